The van der Waals surface area contributed by atoms with Crippen LogP contribution in [0.4, 0.5) is 4.79 Å². The second-order valence-electron chi connectivity index (χ2n) is 7.21. The van der Waals surface area contributed by atoms with Gasteiger partial charge in [-0.25, -0.2) is 4.79 Å². The second kappa shape index (κ2) is 6.45. The van der Waals surface area contributed by atoms with Crippen LogP contribution in [-0.4, -0.2) is 56.7 Å². The van der Waals surface area contributed by atoms with E-state index in [-0.39, 0.29) is 11.1 Å². The van der Waals surface area contributed by atoms with E-state index in [1.165, 1.54) is 0 Å². The van der Waals surface area contributed by atoms with Crippen LogP contribution in [0.1, 0.15) is 33.6 Å². The third-order valence-electron chi connectivity index (χ3n) is 4.81. The molecular weight excluding hydrogens is 272 g/mol. The van der Waals surface area contributed by atoms with Gasteiger partial charge in [-0.15, -0.1) is 0 Å². The number of rotatable bonds is 4. The van der Waals surface area contributed by atoms with E-state index in [1.807, 2.05) is 7.05 Å². The predicted octanol–water partition coefficient (Wildman–Crippen LogP) is 2.74. The average molecular weight is 302 g/mol. The summed E-state index contributed by atoms with van der Waals surface area (Å²) in [6.45, 7) is 12.1. The van der Waals surface area contributed by atoms with E-state index in [4.69, 9.17) is 4.43 Å². The van der Waals surface area contributed by atoms with E-state index in [1.54, 1.807) is 4.90 Å². The lowest BCUT2D eigenvalue weighted by atomic mass is 9.98. The topological polar surface area (TPSA) is 61.8 Å². The molecule has 0 saturated carbocycles. The lowest BCUT2D eigenvalue weighted by molar-refractivity contribution is 0.0713. The molecule has 1 heterocycles. The van der Waals surface area contributed by atoms with Crippen LogP contribution >= 0.6 is 0 Å². The minimum atomic E-state index is -1.83. The van der Waals surface area contributed by atoms with Gasteiger partial charge in [0.25, 0.3) is 0 Å². The number of amides is 1. The van der Waals surface area contributed by atoms with Gasteiger partial charge in [-0.05, 0) is 38.0 Å². The van der Waals surface area contributed by atoms with E-state index in [0.29, 0.717) is 19.2 Å². The Morgan fingerprint density at radius 1 is 1.45 bits per heavy atom. The maximum atomic E-state index is 11.3. The van der Waals surface area contributed by atoms with E-state index >= 15 is 0 Å². The molecule has 2 N–H and O–H groups in total. The highest BCUT2D eigenvalue weighted by molar-refractivity contribution is 6.74. The summed E-state index contributed by atoms with van der Waals surface area (Å²) in [5, 5.41) is 12.7. The van der Waals surface area contributed by atoms with Gasteiger partial charge in [-0.1, -0.05) is 20.8 Å². The molecule has 0 radical (unpaired) electrons. The summed E-state index contributed by atoms with van der Waals surface area (Å²) in [7, 11) is 0.112. The van der Waals surface area contributed by atoms with E-state index in [2.05, 4.69) is 39.2 Å². The van der Waals surface area contributed by atoms with E-state index < -0.39 is 14.4 Å². The van der Waals surface area contributed by atoms with Gasteiger partial charge in [0, 0.05) is 12.6 Å². The Morgan fingerprint density at radius 2 is 2.05 bits per heavy atom. The quantitative estimate of drug-likeness (QED) is 0.784. The summed E-state index contributed by atoms with van der Waals surface area (Å²) in [6, 6.07) is 0.353. The fourth-order valence-corrected chi connectivity index (χ4v) is 3.29. The first-order chi connectivity index (χ1) is 9.08. The third-order valence-corrected chi connectivity index (χ3v) is 9.31. The third kappa shape index (κ3) is 4.20. The van der Waals surface area contributed by atoms with Crippen molar-refractivity contribution in [2.45, 2.75) is 63.8 Å². The van der Waals surface area contributed by atoms with Crippen LogP contribution in [-0.2, 0) is 4.43 Å². The van der Waals surface area contributed by atoms with Gasteiger partial charge in [-0.3, -0.25) is 0 Å². The maximum Gasteiger partial charge on any atom is 0.407 e. The van der Waals surface area contributed by atoms with Crippen LogP contribution < -0.4 is 5.32 Å². The second-order valence-corrected chi connectivity index (χ2v) is 12.0. The Hall–Kier alpha value is -0.593. The largest absolute Gasteiger partial charge is 0.465 e. The molecule has 1 amide bonds. The fraction of sp³-hybridized carbons (Fsp3) is 0.929. The highest BCUT2D eigenvalue weighted by atomic mass is 28.4. The fourth-order valence-electron chi connectivity index (χ4n) is 2.24. The molecule has 0 bridgehead atoms. The minimum absolute atomic E-state index is 0.0344. The summed E-state index contributed by atoms with van der Waals surface area (Å²) in [4.78, 5) is 12.9. The Labute approximate surface area is 123 Å². The molecule has 2 unspecified atom stereocenters. The Morgan fingerprint density at radius 3 is 2.50 bits per heavy atom. The Bertz CT molecular complexity index is 342. The highest BCUT2D eigenvalue weighted by Crippen LogP contribution is 2.37. The van der Waals surface area contributed by atoms with Crippen LogP contribution in [0.2, 0.25) is 18.1 Å². The molecule has 118 valence electrons. The van der Waals surface area contributed by atoms with Gasteiger partial charge in [0.15, 0.2) is 8.32 Å². The molecule has 2 atom stereocenters. The Kier molecular flexibility index (Phi) is 5.63. The van der Waals surface area contributed by atoms with Crippen molar-refractivity contribution >= 4 is 14.4 Å². The van der Waals surface area contributed by atoms with Crippen LogP contribution in [0.3, 0.4) is 0 Å². The van der Waals surface area contributed by atoms with Crippen molar-refractivity contribution in [2.24, 2.45) is 0 Å². The summed E-state index contributed by atoms with van der Waals surface area (Å²) in [5.74, 6) is 0. The first-order valence-corrected chi connectivity index (χ1v) is 10.3. The Balaban J connectivity index is 2.68. The van der Waals surface area contributed by atoms with Gasteiger partial charge in [0.05, 0.1) is 12.6 Å². The molecule has 0 spiro atoms. The molecular formula is C14H30N2O3Si. The zero-order chi connectivity index (χ0) is 15.6. The summed E-state index contributed by atoms with van der Waals surface area (Å²) in [6.07, 6.45) is 0.875. The number of nitrogens with one attached hydrogen (secondary N) is 1. The monoisotopic (exact) mass is 302 g/mol. The van der Waals surface area contributed by atoms with Crippen LogP contribution in [0.5, 0.6) is 0 Å². The SMILES string of the molecule is CNC1CCN(C(=O)O)C(CO[Si](C)(C)C(C)(C)C)C1. The minimum Gasteiger partial charge on any atom is -0.465 e. The summed E-state index contributed by atoms with van der Waals surface area (Å²) in [5.41, 5.74) is 0. The van der Waals surface area contributed by atoms with Crippen LogP contribution in [0.25, 0.3) is 0 Å². The van der Waals surface area contributed by atoms with Crippen molar-refractivity contribution in [3.63, 3.8) is 0 Å². The summed E-state index contributed by atoms with van der Waals surface area (Å²) < 4.78 is 6.21. The van der Waals surface area contributed by atoms with Gasteiger partial charge in [-0.2, -0.15) is 0 Å². The van der Waals surface area contributed by atoms with Gasteiger partial charge in [0.1, 0.15) is 0 Å². The number of piperidine rings is 1. The zero-order valence-electron chi connectivity index (χ0n) is 13.7. The molecule has 0 aromatic carbocycles. The van der Waals surface area contributed by atoms with Crippen molar-refractivity contribution in [3.8, 4) is 0 Å². The van der Waals surface area contributed by atoms with Gasteiger partial charge >= 0.3 is 6.09 Å². The smallest absolute Gasteiger partial charge is 0.407 e. The highest BCUT2D eigenvalue weighted by Gasteiger charge is 2.39. The average Bonchev–Trinajstić information content (AvgIpc) is 2.34. The maximum absolute atomic E-state index is 11.3. The van der Waals surface area contributed by atoms with Gasteiger partial charge in [0.2, 0.25) is 0 Å². The predicted molar refractivity (Wildman–Crippen MR) is 83.7 cm³/mol. The molecule has 1 saturated heterocycles. The standard InChI is InChI=1S/C14H30N2O3Si/c1-14(2,3)20(5,6)19-10-12-9-11(15-4)7-8-16(12)13(17)18/h11-12,15H,7-10H2,1-6H3,(H,17,18). The molecule has 0 aromatic heterocycles. The van der Waals surface area contributed by atoms with Crippen molar-refractivity contribution in [2.75, 3.05) is 20.2 Å². The van der Waals surface area contributed by atoms with Crippen molar-refractivity contribution in [1.29, 1.82) is 0 Å². The molecule has 20 heavy (non-hydrogen) atoms. The van der Waals surface area contributed by atoms with Crippen LogP contribution in [0, 0.1) is 0 Å². The van der Waals surface area contributed by atoms with Crippen molar-refractivity contribution < 1.29 is 14.3 Å². The molecule has 1 aliphatic heterocycles. The lowest BCUT2D eigenvalue weighted by Crippen LogP contribution is -2.53. The molecule has 0 aromatic rings. The van der Waals surface area contributed by atoms with Gasteiger partial charge < -0.3 is 19.7 Å². The van der Waals surface area contributed by atoms with Crippen molar-refractivity contribution in [3.05, 3.63) is 0 Å². The molecule has 0 aliphatic carbocycles. The van der Waals surface area contributed by atoms with E-state index in [9.17, 15) is 9.90 Å². The first-order valence-electron chi connectivity index (χ1n) is 7.39. The number of hydrogen-bond acceptors (Lipinski definition) is 3. The molecule has 1 fully saturated rings. The number of likely N-dealkylation sites (tertiary alicyclic amines) is 1. The number of hydrogen-bond donors (Lipinski definition) is 2. The lowest BCUT2D eigenvalue weighted by Gasteiger charge is -2.41. The number of carboxylic acid groups (broad SMARTS) is 1. The molecule has 5 nitrogen and oxygen atoms in total. The number of carbonyl (C=O) groups is 1. The number of nitrogens with zero attached hydrogens (tertiary/aromatic N) is 1. The van der Waals surface area contributed by atoms with Crippen LogP contribution in [0.15, 0.2) is 0 Å². The summed E-state index contributed by atoms with van der Waals surface area (Å²) >= 11 is 0. The molecule has 1 aliphatic rings. The molecule has 6 heteroatoms. The first kappa shape index (κ1) is 17.5. The normalized spacial score (nSPS) is 24.8. The van der Waals surface area contributed by atoms with E-state index in [0.717, 1.165) is 12.8 Å². The molecule has 1 rings (SSSR count). The zero-order valence-corrected chi connectivity index (χ0v) is 14.7. The van der Waals surface area contributed by atoms with Crippen molar-refractivity contribution in [1.82, 2.24) is 10.2 Å².